The van der Waals surface area contributed by atoms with Crippen molar-refractivity contribution >= 4 is 23.2 Å². The predicted molar refractivity (Wildman–Crippen MR) is 79.3 cm³/mol. The van der Waals surface area contributed by atoms with E-state index in [1.807, 2.05) is 0 Å². The summed E-state index contributed by atoms with van der Waals surface area (Å²) in [5, 5.41) is 3.33. The molecule has 0 radical (unpaired) electrons. The molecule has 0 spiro atoms. The summed E-state index contributed by atoms with van der Waals surface area (Å²) in [5.41, 5.74) is 0. The van der Waals surface area contributed by atoms with Crippen LogP contribution < -0.4 is 10.1 Å². The van der Waals surface area contributed by atoms with E-state index in [9.17, 15) is 0 Å². The zero-order valence-electron chi connectivity index (χ0n) is 11.3. The van der Waals surface area contributed by atoms with Crippen LogP contribution in [-0.2, 0) is 4.74 Å². The second kappa shape index (κ2) is 10.3. The van der Waals surface area contributed by atoms with Crippen LogP contribution in [0.2, 0.25) is 10.0 Å². The predicted octanol–water partition coefficient (Wildman–Crippen LogP) is 2.75. The molecule has 5 heteroatoms. The molecule has 108 valence electrons. The van der Waals surface area contributed by atoms with Crippen molar-refractivity contribution in [2.75, 3.05) is 32.9 Å². The van der Waals surface area contributed by atoms with Gasteiger partial charge in [-0.2, -0.15) is 0 Å². The lowest BCUT2D eigenvalue weighted by Crippen LogP contribution is -2.85. The van der Waals surface area contributed by atoms with Crippen molar-refractivity contribution < 1.29 is 14.8 Å². The first-order chi connectivity index (χ1) is 9.25. The molecule has 0 saturated carbocycles. The average Bonchev–Trinajstić information content (AvgIpc) is 2.40. The fraction of sp³-hybridized carbons (Fsp3) is 0.571. The number of halogens is 2. The number of hydrogen-bond donors (Lipinski definition) is 1. The van der Waals surface area contributed by atoms with Crippen LogP contribution in [0.25, 0.3) is 0 Å². The van der Waals surface area contributed by atoms with E-state index in [0.29, 0.717) is 29.0 Å². The number of quaternary nitrogens is 1. The molecule has 0 amide bonds. The van der Waals surface area contributed by atoms with E-state index in [4.69, 9.17) is 32.7 Å². The van der Waals surface area contributed by atoms with Crippen molar-refractivity contribution in [2.45, 2.75) is 19.8 Å². The van der Waals surface area contributed by atoms with E-state index < -0.39 is 0 Å². The highest BCUT2D eigenvalue weighted by Gasteiger charge is 2.05. The van der Waals surface area contributed by atoms with Crippen molar-refractivity contribution in [3.63, 3.8) is 0 Å². The largest absolute Gasteiger partial charge is 0.488 e. The van der Waals surface area contributed by atoms with Crippen LogP contribution >= 0.6 is 23.2 Å². The molecule has 0 fully saturated rings. The standard InChI is InChI=1S/C14H21Cl2NO2/c1-2-3-7-17-8-9-18-10-11-19-14-12(15)5-4-6-13(14)16/h4-6,17H,2-3,7-11H2,1H3/p+1. The van der Waals surface area contributed by atoms with E-state index in [0.717, 1.165) is 13.2 Å². The van der Waals surface area contributed by atoms with Gasteiger partial charge in [-0.25, -0.2) is 0 Å². The molecule has 19 heavy (non-hydrogen) atoms. The monoisotopic (exact) mass is 306 g/mol. The number of benzene rings is 1. The Labute approximate surface area is 125 Å². The van der Waals surface area contributed by atoms with E-state index >= 15 is 0 Å². The van der Waals surface area contributed by atoms with Gasteiger partial charge in [-0.3, -0.25) is 0 Å². The highest BCUT2D eigenvalue weighted by molar-refractivity contribution is 6.37. The molecule has 0 aromatic heterocycles. The summed E-state index contributed by atoms with van der Waals surface area (Å²) in [4.78, 5) is 0. The molecule has 0 aliphatic heterocycles. The minimum absolute atomic E-state index is 0.457. The zero-order chi connectivity index (χ0) is 13.9. The maximum Gasteiger partial charge on any atom is 0.156 e. The summed E-state index contributed by atoms with van der Waals surface area (Å²) in [6, 6.07) is 5.30. The molecule has 1 aromatic rings. The molecule has 0 bridgehead atoms. The molecule has 1 aromatic carbocycles. The highest BCUT2D eigenvalue weighted by Crippen LogP contribution is 2.32. The summed E-state index contributed by atoms with van der Waals surface area (Å²) < 4.78 is 11.0. The second-order valence-electron chi connectivity index (χ2n) is 4.23. The Kier molecular flexibility index (Phi) is 9.01. The maximum atomic E-state index is 5.99. The molecular formula is C14H22Cl2NO2+. The number of unbranched alkanes of at least 4 members (excludes halogenated alkanes) is 1. The fourth-order valence-corrected chi connectivity index (χ4v) is 2.09. The Morgan fingerprint density at radius 2 is 1.79 bits per heavy atom. The van der Waals surface area contributed by atoms with E-state index in [1.54, 1.807) is 18.2 Å². The van der Waals surface area contributed by atoms with Gasteiger partial charge in [0.25, 0.3) is 0 Å². The summed E-state index contributed by atoms with van der Waals surface area (Å²) >= 11 is 12.0. The van der Waals surface area contributed by atoms with Crippen LogP contribution in [0.4, 0.5) is 0 Å². The van der Waals surface area contributed by atoms with E-state index in [2.05, 4.69) is 12.2 Å². The van der Waals surface area contributed by atoms with Gasteiger partial charge in [0.2, 0.25) is 0 Å². The summed E-state index contributed by atoms with van der Waals surface area (Å²) in [7, 11) is 0. The number of rotatable bonds is 10. The van der Waals surface area contributed by atoms with Gasteiger partial charge in [-0.05, 0) is 18.6 Å². The minimum Gasteiger partial charge on any atom is -0.488 e. The Hall–Kier alpha value is -0.480. The first-order valence-corrected chi connectivity index (χ1v) is 7.47. The second-order valence-corrected chi connectivity index (χ2v) is 5.05. The first kappa shape index (κ1) is 16.6. The van der Waals surface area contributed by atoms with Crippen LogP contribution in [-0.4, -0.2) is 32.9 Å². The van der Waals surface area contributed by atoms with Crippen molar-refractivity contribution in [1.29, 1.82) is 0 Å². The lowest BCUT2D eigenvalue weighted by atomic mass is 10.3. The minimum atomic E-state index is 0.457. The topological polar surface area (TPSA) is 35.1 Å². The summed E-state index contributed by atoms with van der Waals surface area (Å²) in [6.07, 6.45) is 2.50. The number of ether oxygens (including phenoxy) is 2. The Bertz CT molecular complexity index is 341. The lowest BCUT2D eigenvalue weighted by molar-refractivity contribution is -0.656. The molecule has 3 nitrogen and oxygen atoms in total. The van der Waals surface area contributed by atoms with Gasteiger partial charge < -0.3 is 14.8 Å². The van der Waals surface area contributed by atoms with E-state index in [1.165, 1.54) is 19.4 Å². The smallest absolute Gasteiger partial charge is 0.156 e. The normalized spacial score (nSPS) is 10.7. The molecule has 1 rings (SSSR count). The highest BCUT2D eigenvalue weighted by atomic mass is 35.5. The lowest BCUT2D eigenvalue weighted by Gasteiger charge is -2.09. The number of para-hydroxylation sites is 1. The van der Waals surface area contributed by atoms with Gasteiger partial charge in [0.1, 0.15) is 6.61 Å². The van der Waals surface area contributed by atoms with Crippen molar-refractivity contribution in [3.8, 4) is 5.75 Å². The van der Waals surface area contributed by atoms with Gasteiger partial charge in [-0.1, -0.05) is 42.6 Å². The van der Waals surface area contributed by atoms with Crippen molar-refractivity contribution in [1.82, 2.24) is 0 Å². The molecule has 0 aliphatic rings. The first-order valence-electron chi connectivity index (χ1n) is 6.72. The molecule has 0 heterocycles. The van der Waals surface area contributed by atoms with Gasteiger partial charge in [0.15, 0.2) is 5.75 Å². The third-order valence-electron chi connectivity index (χ3n) is 2.62. The number of nitrogens with two attached hydrogens (primary N) is 1. The maximum absolute atomic E-state index is 5.99. The molecule has 0 aliphatic carbocycles. The molecule has 0 unspecified atom stereocenters. The van der Waals surface area contributed by atoms with Gasteiger partial charge >= 0.3 is 0 Å². The average molecular weight is 307 g/mol. The van der Waals surface area contributed by atoms with Crippen molar-refractivity contribution in [2.24, 2.45) is 0 Å². The summed E-state index contributed by atoms with van der Waals surface area (Å²) in [6.45, 7) is 6.10. The zero-order valence-corrected chi connectivity index (χ0v) is 12.8. The molecular weight excluding hydrogens is 285 g/mol. The molecule has 0 saturated heterocycles. The molecule has 0 atom stereocenters. The SMILES string of the molecule is CCCC[NH2+]CCOCCOc1c(Cl)cccc1Cl. The van der Waals surface area contributed by atoms with Crippen LogP contribution in [0.3, 0.4) is 0 Å². The Balaban J connectivity index is 2.05. The van der Waals surface area contributed by atoms with Crippen LogP contribution in [0.1, 0.15) is 19.8 Å². The Morgan fingerprint density at radius 3 is 2.47 bits per heavy atom. The van der Waals surface area contributed by atoms with Gasteiger partial charge in [0.05, 0.1) is 36.3 Å². The van der Waals surface area contributed by atoms with Crippen molar-refractivity contribution in [3.05, 3.63) is 28.2 Å². The summed E-state index contributed by atoms with van der Waals surface area (Å²) in [5.74, 6) is 0.531. The van der Waals surface area contributed by atoms with Gasteiger partial charge in [0, 0.05) is 0 Å². The van der Waals surface area contributed by atoms with E-state index in [-0.39, 0.29) is 0 Å². The fourth-order valence-electron chi connectivity index (χ4n) is 1.58. The quantitative estimate of drug-likeness (QED) is 0.675. The van der Waals surface area contributed by atoms with Crippen LogP contribution in [0.15, 0.2) is 18.2 Å². The third-order valence-corrected chi connectivity index (χ3v) is 3.22. The van der Waals surface area contributed by atoms with Crippen LogP contribution in [0.5, 0.6) is 5.75 Å². The van der Waals surface area contributed by atoms with Crippen LogP contribution in [0, 0.1) is 0 Å². The Morgan fingerprint density at radius 1 is 1.05 bits per heavy atom. The number of hydrogen-bond acceptors (Lipinski definition) is 2. The van der Waals surface area contributed by atoms with Gasteiger partial charge in [-0.15, -0.1) is 0 Å². The third kappa shape index (κ3) is 7.02. The molecule has 2 N–H and O–H groups in total.